The molecular formula is C48H72N6O6. The van der Waals surface area contributed by atoms with Crippen LogP contribution in [-0.4, -0.2) is 154 Å². The molecule has 0 unspecified atom stereocenters. The first-order chi connectivity index (χ1) is 28.6. The molecule has 4 amide bonds. The summed E-state index contributed by atoms with van der Waals surface area (Å²) >= 11 is 0. The van der Waals surface area contributed by atoms with Crippen molar-refractivity contribution in [2.45, 2.75) is 142 Å². The maximum absolute atomic E-state index is 13.8. The summed E-state index contributed by atoms with van der Waals surface area (Å²) in [6.07, 6.45) is 14.0. The van der Waals surface area contributed by atoms with E-state index in [1.165, 1.54) is 11.1 Å². The number of aliphatic hydroxyl groups is 3. The Balaban J connectivity index is 0.000000172. The van der Waals surface area contributed by atoms with Gasteiger partial charge in [0.05, 0.1) is 47.5 Å². The van der Waals surface area contributed by atoms with Crippen LogP contribution in [0.3, 0.4) is 0 Å². The summed E-state index contributed by atoms with van der Waals surface area (Å²) in [7, 11) is 8.65. The molecule has 7 aliphatic rings. The Morgan fingerprint density at radius 3 is 1.43 bits per heavy atom. The standard InChI is InChI=1S/C27H41N3O4.C21H31N3O2/c1-28(2)27(22-7-4-3-5-8-22)13-11-24(12-14-27)19-29(20-26(33)15-17-34-18-16-26)23(31)30(24)21-25(32)9-6-10-25;1-23(2)21(17-7-4-3-5-8-17)13-11-19(12-14-21)15-22-18(25)24(19)16-20(26)9-6-10-20/h3-5,7-8,32-33H,6,9-21H2,1-2H3;3-5,7-8,26H,6,9-16H2,1-2H3,(H,22,25). The molecule has 0 atom stereocenters. The lowest BCUT2D eigenvalue weighted by atomic mass is 9.67. The molecule has 9 rings (SSSR count). The third kappa shape index (κ3) is 7.98. The molecule has 4 aliphatic carbocycles. The van der Waals surface area contributed by atoms with Crippen molar-refractivity contribution in [3.05, 3.63) is 71.8 Å². The fourth-order valence-corrected chi connectivity index (χ4v) is 12.1. The van der Waals surface area contributed by atoms with E-state index in [0.717, 1.165) is 89.9 Å². The highest BCUT2D eigenvalue weighted by Gasteiger charge is 2.58. The Morgan fingerprint density at radius 1 is 0.567 bits per heavy atom. The SMILES string of the molecule is CN(C)C1(c2ccccc2)CCC2(CC1)CN(CC1(O)CCOCC1)C(=O)N2CC1(O)CCC1.CN(C)C1(c2ccccc2)CCC2(CC1)CNC(=O)N2CC1(O)CCC1. The van der Waals surface area contributed by atoms with Gasteiger partial charge in [0.1, 0.15) is 0 Å². The van der Waals surface area contributed by atoms with E-state index in [9.17, 15) is 24.9 Å². The molecule has 0 radical (unpaired) electrons. The van der Waals surface area contributed by atoms with Gasteiger partial charge in [0.25, 0.3) is 0 Å². The molecule has 4 N–H and O–H groups in total. The lowest BCUT2D eigenvalue weighted by Gasteiger charge is -2.52. The topological polar surface area (TPSA) is 132 Å². The first kappa shape index (κ1) is 43.4. The van der Waals surface area contributed by atoms with Crippen LogP contribution < -0.4 is 5.32 Å². The molecular weight excluding hydrogens is 757 g/mol. The number of carbonyl (C=O) groups is 2. The number of nitrogens with one attached hydrogen (secondary N) is 1. The van der Waals surface area contributed by atoms with Crippen LogP contribution in [0, 0.1) is 0 Å². The smallest absolute Gasteiger partial charge is 0.320 e. The Morgan fingerprint density at radius 2 is 1.00 bits per heavy atom. The van der Waals surface area contributed by atoms with Gasteiger partial charge in [0.15, 0.2) is 0 Å². The van der Waals surface area contributed by atoms with Gasteiger partial charge in [-0.15, -0.1) is 0 Å². The average molecular weight is 829 g/mol. The van der Waals surface area contributed by atoms with Crippen molar-refractivity contribution in [2.75, 3.05) is 74.1 Å². The fraction of sp³-hybridized carbons (Fsp3) is 0.708. The number of nitrogens with zero attached hydrogens (tertiary/aromatic N) is 5. The van der Waals surface area contributed by atoms with Crippen molar-refractivity contribution in [1.29, 1.82) is 0 Å². The van der Waals surface area contributed by atoms with Crippen molar-refractivity contribution in [3.8, 4) is 0 Å². The average Bonchev–Trinajstić information content (AvgIpc) is 3.65. The molecule has 2 aromatic rings. The van der Waals surface area contributed by atoms with Crippen LogP contribution in [0.25, 0.3) is 0 Å². The number of amides is 4. The summed E-state index contributed by atoms with van der Waals surface area (Å²) in [6, 6.07) is 21.5. The van der Waals surface area contributed by atoms with E-state index >= 15 is 0 Å². The second kappa shape index (κ2) is 16.5. The third-order valence-corrected chi connectivity index (χ3v) is 16.7. The van der Waals surface area contributed by atoms with Gasteiger partial charge in [-0.2, -0.15) is 0 Å². The van der Waals surface area contributed by atoms with Gasteiger partial charge in [-0.1, -0.05) is 60.7 Å². The van der Waals surface area contributed by atoms with Crippen molar-refractivity contribution in [1.82, 2.24) is 29.8 Å². The van der Waals surface area contributed by atoms with Crippen LogP contribution in [0.1, 0.15) is 114 Å². The van der Waals surface area contributed by atoms with Crippen molar-refractivity contribution < 1.29 is 29.6 Å². The molecule has 12 heteroatoms. The number of hydrogen-bond acceptors (Lipinski definition) is 8. The van der Waals surface area contributed by atoms with Crippen molar-refractivity contribution in [3.63, 3.8) is 0 Å². The zero-order valence-electron chi connectivity index (χ0n) is 36.8. The molecule has 2 spiro atoms. The molecule has 3 heterocycles. The van der Waals surface area contributed by atoms with Gasteiger partial charge in [-0.3, -0.25) is 9.80 Å². The van der Waals surface area contributed by atoms with E-state index in [-0.39, 0.29) is 34.2 Å². The van der Waals surface area contributed by atoms with Crippen LogP contribution in [0.2, 0.25) is 0 Å². The minimum absolute atomic E-state index is 0.00221. The quantitative estimate of drug-likeness (QED) is 0.242. The van der Waals surface area contributed by atoms with Gasteiger partial charge in [0.2, 0.25) is 0 Å². The molecule has 0 bridgehead atoms. The van der Waals surface area contributed by atoms with Crippen molar-refractivity contribution in [2.24, 2.45) is 0 Å². The Kier molecular flexibility index (Phi) is 11.9. The number of carbonyl (C=O) groups excluding carboxylic acids is 2. The molecule has 0 aromatic heterocycles. The van der Waals surface area contributed by atoms with E-state index in [4.69, 9.17) is 4.74 Å². The fourth-order valence-electron chi connectivity index (χ4n) is 12.1. The van der Waals surface area contributed by atoms with Crippen LogP contribution in [-0.2, 0) is 15.8 Å². The first-order valence-corrected chi connectivity index (χ1v) is 22.9. The highest BCUT2D eigenvalue weighted by Crippen LogP contribution is 2.51. The largest absolute Gasteiger partial charge is 0.388 e. The number of β-amino-alcohol motifs (C(OH)–C–C–N with tert-alkyl or cyclic N) is 3. The molecule has 12 nitrogen and oxygen atoms in total. The Labute approximate surface area is 358 Å². The summed E-state index contributed by atoms with van der Waals surface area (Å²) < 4.78 is 5.45. The van der Waals surface area contributed by atoms with E-state index in [0.29, 0.717) is 58.8 Å². The normalized spacial score (nSPS) is 33.1. The maximum atomic E-state index is 13.8. The van der Waals surface area contributed by atoms with E-state index < -0.39 is 16.8 Å². The predicted molar refractivity (Wildman–Crippen MR) is 232 cm³/mol. The lowest BCUT2D eigenvalue weighted by molar-refractivity contribution is -0.0745. The van der Waals surface area contributed by atoms with Gasteiger partial charge in [-0.25, -0.2) is 9.59 Å². The minimum atomic E-state index is -0.884. The van der Waals surface area contributed by atoms with Crippen LogP contribution in [0.4, 0.5) is 9.59 Å². The van der Waals surface area contributed by atoms with Gasteiger partial charge < -0.3 is 40.1 Å². The number of hydrogen-bond donors (Lipinski definition) is 4. The lowest BCUT2D eigenvalue weighted by Crippen LogP contribution is -2.59. The van der Waals surface area contributed by atoms with E-state index in [2.05, 4.69) is 104 Å². The number of urea groups is 2. The summed E-state index contributed by atoms with van der Waals surface area (Å²) in [4.78, 5) is 36.8. The van der Waals surface area contributed by atoms with E-state index in [1.807, 2.05) is 14.7 Å². The maximum Gasteiger partial charge on any atom is 0.320 e. The Hall–Kier alpha value is -3.26. The highest BCUT2D eigenvalue weighted by molar-refractivity contribution is 5.79. The molecule has 3 aliphatic heterocycles. The predicted octanol–water partition coefficient (Wildman–Crippen LogP) is 5.65. The highest BCUT2D eigenvalue weighted by atomic mass is 16.5. The van der Waals surface area contributed by atoms with Crippen LogP contribution in [0.5, 0.6) is 0 Å². The van der Waals surface area contributed by atoms with E-state index in [1.54, 1.807) is 0 Å². The summed E-state index contributed by atoms with van der Waals surface area (Å²) in [5, 5.41) is 35.9. The second-order valence-corrected chi connectivity index (χ2v) is 20.5. The monoisotopic (exact) mass is 829 g/mol. The second-order valence-electron chi connectivity index (χ2n) is 20.5. The minimum Gasteiger partial charge on any atom is -0.388 e. The number of ether oxygens (including phenoxy) is 1. The zero-order valence-corrected chi connectivity index (χ0v) is 36.8. The van der Waals surface area contributed by atoms with Crippen LogP contribution in [0.15, 0.2) is 60.7 Å². The molecule has 60 heavy (non-hydrogen) atoms. The van der Waals surface area contributed by atoms with Gasteiger partial charge in [0, 0.05) is 50.2 Å². The third-order valence-electron chi connectivity index (χ3n) is 16.7. The molecule has 4 saturated carbocycles. The van der Waals surface area contributed by atoms with Gasteiger partial charge >= 0.3 is 12.1 Å². The number of benzene rings is 2. The molecule has 2 aromatic carbocycles. The summed E-state index contributed by atoms with van der Waals surface area (Å²) in [6.45, 7) is 3.65. The zero-order chi connectivity index (χ0) is 42.4. The summed E-state index contributed by atoms with van der Waals surface area (Å²) in [5.41, 5.74) is -0.0796. The summed E-state index contributed by atoms with van der Waals surface area (Å²) in [5.74, 6) is 0. The molecule has 330 valence electrons. The first-order valence-electron chi connectivity index (χ1n) is 22.9. The molecule has 7 fully saturated rings. The van der Waals surface area contributed by atoms with Gasteiger partial charge in [-0.05, 0) is 129 Å². The Bertz CT molecular complexity index is 1790. The van der Waals surface area contributed by atoms with Crippen LogP contribution >= 0.6 is 0 Å². The van der Waals surface area contributed by atoms with Crippen molar-refractivity contribution >= 4 is 12.1 Å². The molecule has 3 saturated heterocycles. The number of rotatable bonds is 10.